The molecule has 0 atom stereocenters. The van der Waals surface area contributed by atoms with E-state index < -0.39 is 6.43 Å². The maximum absolute atomic E-state index is 12.8. The highest BCUT2D eigenvalue weighted by Crippen LogP contribution is 2.39. The first-order valence-corrected chi connectivity index (χ1v) is 9.95. The minimum atomic E-state index is -2.30. The molecule has 2 heterocycles. The fraction of sp³-hybridized carbons (Fsp3) is 0.500. The van der Waals surface area contributed by atoms with Gasteiger partial charge in [-0.15, -0.1) is 0 Å². The van der Waals surface area contributed by atoms with Crippen molar-refractivity contribution in [1.82, 2.24) is 9.97 Å². The van der Waals surface area contributed by atoms with Gasteiger partial charge in [0, 0.05) is 25.1 Å². The standard InChI is InChI=1S/C20H23Cl2F2N3O/c1-12-18(13-4-3-5-14(21)17(13)22)26-15(11-28)19(25-12)27-8-6-20(2,7-9-27)10-16(23)24/h3-5,16,28H,6-11H2,1-2H3. The molecule has 1 saturated heterocycles. The molecule has 0 bridgehead atoms. The molecule has 1 aliphatic rings. The molecule has 1 aromatic carbocycles. The van der Waals surface area contributed by atoms with Crippen LogP contribution in [-0.2, 0) is 6.61 Å². The van der Waals surface area contributed by atoms with Crippen LogP contribution in [0.15, 0.2) is 18.2 Å². The van der Waals surface area contributed by atoms with E-state index in [1.807, 2.05) is 24.8 Å². The van der Waals surface area contributed by atoms with Crippen molar-refractivity contribution in [2.75, 3.05) is 18.0 Å². The first-order valence-electron chi connectivity index (χ1n) is 9.20. The molecule has 152 valence electrons. The van der Waals surface area contributed by atoms with Crippen molar-refractivity contribution in [2.24, 2.45) is 5.41 Å². The minimum absolute atomic E-state index is 0.0927. The molecule has 0 unspecified atom stereocenters. The van der Waals surface area contributed by atoms with Crippen molar-refractivity contribution in [3.8, 4) is 11.3 Å². The molecule has 1 aliphatic heterocycles. The van der Waals surface area contributed by atoms with E-state index in [9.17, 15) is 13.9 Å². The maximum atomic E-state index is 12.8. The molecule has 0 amide bonds. The molecule has 0 saturated carbocycles. The van der Waals surface area contributed by atoms with Crippen LogP contribution in [0.5, 0.6) is 0 Å². The van der Waals surface area contributed by atoms with Gasteiger partial charge in [0.1, 0.15) is 5.69 Å². The van der Waals surface area contributed by atoms with Crippen LogP contribution < -0.4 is 4.90 Å². The van der Waals surface area contributed by atoms with Crippen LogP contribution in [0, 0.1) is 12.3 Å². The molecule has 1 N–H and O–H groups in total. The van der Waals surface area contributed by atoms with Gasteiger partial charge in [0.25, 0.3) is 0 Å². The number of benzene rings is 1. The highest BCUT2D eigenvalue weighted by atomic mass is 35.5. The highest BCUT2D eigenvalue weighted by Gasteiger charge is 2.34. The number of halogens is 4. The van der Waals surface area contributed by atoms with Crippen LogP contribution in [0.3, 0.4) is 0 Å². The summed E-state index contributed by atoms with van der Waals surface area (Å²) in [7, 11) is 0. The number of aryl methyl sites for hydroxylation is 1. The summed E-state index contributed by atoms with van der Waals surface area (Å²) in [5.41, 5.74) is 1.95. The molecule has 0 radical (unpaired) electrons. The predicted molar refractivity (Wildman–Crippen MR) is 108 cm³/mol. The van der Waals surface area contributed by atoms with Crippen molar-refractivity contribution in [3.05, 3.63) is 39.6 Å². The predicted octanol–water partition coefficient (Wildman–Crippen LogP) is 5.51. The zero-order valence-electron chi connectivity index (χ0n) is 15.9. The summed E-state index contributed by atoms with van der Waals surface area (Å²) in [5, 5.41) is 10.7. The number of hydrogen-bond acceptors (Lipinski definition) is 4. The average molecular weight is 430 g/mol. The van der Waals surface area contributed by atoms with Crippen LogP contribution in [0.1, 0.15) is 37.6 Å². The van der Waals surface area contributed by atoms with Gasteiger partial charge in [-0.3, -0.25) is 0 Å². The number of nitrogens with zero attached hydrogens (tertiary/aromatic N) is 3. The lowest BCUT2D eigenvalue weighted by molar-refractivity contribution is 0.0666. The molecule has 3 rings (SSSR count). The Bertz CT molecular complexity index is 856. The number of aliphatic hydroxyl groups is 1. The van der Waals surface area contributed by atoms with Crippen LogP contribution >= 0.6 is 23.2 Å². The molecule has 1 aromatic heterocycles. The number of aliphatic hydroxyl groups excluding tert-OH is 1. The molecule has 28 heavy (non-hydrogen) atoms. The Morgan fingerprint density at radius 1 is 1.21 bits per heavy atom. The van der Waals surface area contributed by atoms with Crippen LogP contribution in [0.4, 0.5) is 14.6 Å². The number of anilines is 1. The quantitative estimate of drug-likeness (QED) is 0.680. The van der Waals surface area contributed by atoms with E-state index in [0.29, 0.717) is 64.4 Å². The second-order valence-electron chi connectivity index (χ2n) is 7.58. The molecular weight excluding hydrogens is 407 g/mol. The van der Waals surface area contributed by atoms with Crippen molar-refractivity contribution in [3.63, 3.8) is 0 Å². The Morgan fingerprint density at radius 3 is 2.50 bits per heavy atom. The second kappa shape index (κ2) is 8.47. The fourth-order valence-electron chi connectivity index (χ4n) is 3.68. The van der Waals surface area contributed by atoms with Gasteiger partial charge in [-0.1, -0.05) is 42.3 Å². The zero-order valence-corrected chi connectivity index (χ0v) is 17.4. The molecule has 2 aromatic rings. The van der Waals surface area contributed by atoms with Gasteiger partial charge in [-0.05, 0) is 31.2 Å². The lowest BCUT2D eigenvalue weighted by atomic mass is 9.77. The van der Waals surface area contributed by atoms with E-state index in [0.717, 1.165) is 0 Å². The summed E-state index contributed by atoms with van der Waals surface area (Å²) in [6, 6.07) is 5.29. The van der Waals surface area contributed by atoms with E-state index in [2.05, 4.69) is 9.97 Å². The Kier molecular flexibility index (Phi) is 6.42. The SMILES string of the molecule is Cc1nc(N2CCC(C)(CC(F)F)CC2)c(CO)nc1-c1cccc(Cl)c1Cl. The largest absolute Gasteiger partial charge is 0.390 e. The summed E-state index contributed by atoms with van der Waals surface area (Å²) < 4.78 is 25.7. The van der Waals surface area contributed by atoms with Gasteiger partial charge in [-0.2, -0.15) is 0 Å². The van der Waals surface area contributed by atoms with E-state index in [1.54, 1.807) is 12.1 Å². The molecule has 8 heteroatoms. The monoisotopic (exact) mass is 429 g/mol. The molecule has 1 fully saturated rings. The Balaban J connectivity index is 1.90. The Labute approximate surface area is 173 Å². The summed E-state index contributed by atoms with van der Waals surface area (Å²) in [6.07, 6.45) is -1.10. The lowest BCUT2D eigenvalue weighted by Gasteiger charge is -2.40. The molecule has 0 aliphatic carbocycles. The van der Waals surface area contributed by atoms with Crippen LogP contribution in [0.2, 0.25) is 10.0 Å². The second-order valence-corrected chi connectivity index (χ2v) is 8.37. The summed E-state index contributed by atoms with van der Waals surface area (Å²) in [6.45, 7) is 4.65. The van der Waals surface area contributed by atoms with Crippen molar-refractivity contribution >= 4 is 29.0 Å². The first-order chi connectivity index (χ1) is 13.2. The number of piperidine rings is 1. The van der Waals surface area contributed by atoms with E-state index in [4.69, 9.17) is 23.2 Å². The van der Waals surface area contributed by atoms with Gasteiger partial charge in [-0.25, -0.2) is 18.7 Å². The smallest absolute Gasteiger partial charge is 0.239 e. The highest BCUT2D eigenvalue weighted by molar-refractivity contribution is 6.43. The number of alkyl halides is 2. The maximum Gasteiger partial charge on any atom is 0.239 e. The third-order valence-corrected chi connectivity index (χ3v) is 6.21. The van der Waals surface area contributed by atoms with E-state index in [-0.39, 0.29) is 18.4 Å². The number of aromatic nitrogens is 2. The van der Waals surface area contributed by atoms with Gasteiger partial charge < -0.3 is 10.0 Å². The van der Waals surface area contributed by atoms with Gasteiger partial charge >= 0.3 is 0 Å². The topological polar surface area (TPSA) is 49.2 Å². The van der Waals surface area contributed by atoms with Crippen molar-refractivity contribution < 1.29 is 13.9 Å². The number of rotatable bonds is 5. The number of hydrogen-bond donors (Lipinski definition) is 1. The third kappa shape index (κ3) is 4.39. The summed E-state index contributed by atoms with van der Waals surface area (Å²) in [4.78, 5) is 11.3. The molecular formula is C20H23Cl2F2N3O. The fourth-order valence-corrected chi connectivity index (χ4v) is 4.07. The average Bonchev–Trinajstić information content (AvgIpc) is 2.64. The van der Waals surface area contributed by atoms with Gasteiger partial charge in [0.05, 0.1) is 28.0 Å². The van der Waals surface area contributed by atoms with Crippen molar-refractivity contribution in [2.45, 2.75) is 46.1 Å². The molecule has 0 spiro atoms. The normalized spacial score (nSPS) is 16.6. The van der Waals surface area contributed by atoms with E-state index in [1.165, 1.54) is 0 Å². The van der Waals surface area contributed by atoms with Crippen molar-refractivity contribution in [1.29, 1.82) is 0 Å². The van der Waals surface area contributed by atoms with Gasteiger partial charge in [0.15, 0.2) is 5.82 Å². The summed E-state index contributed by atoms with van der Waals surface area (Å²) in [5.74, 6) is 0.598. The van der Waals surface area contributed by atoms with Crippen LogP contribution in [0.25, 0.3) is 11.3 Å². The molecule has 4 nitrogen and oxygen atoms in total. The summed E-state index contributed by atoms with van der Waals surface area (Å²) >= 11 is 12.4. The Hall–Kier alpha value is -1.50. The van der Waals surface area contributed by atoms with Crippen LogP contribution in [-0.4, -0.2) is 34.6 Å². The third-order valence-electron chi connectivity index (χ3n) is 5.39. The minimum Gasteiger partial charge on any atom is -0.390 e. The zero-order chi connectivity index (χ0) is 20.5. The van der Waals surface area contributed by atoms with E-state index >= 15 is 0 Å². The first kappa shape index (κ1) is 21.2. The van der Waals surface area contributed by atoms with Gasteiger partial charge in [0.2, 0.25) is 6.43 Å². The lowest BCUT2D eigenvalue weighted by Crippen LogP contribution is -2.40. The Morgan fingerprint density at radius 2 is 1.89 bits per heavy atom.